The van der Waals surface area contributed by atoms with E-state index in [0.717, 1.165) is 36.2 Å². The monoisotopic (exact) mass is 364 g/mol. The Kier molecular flexibility index (Phi) is 3.88. The first-order valence-corrected chi connectivity index (χ1v) is 9.31. The van der Waals surface area contributed by atoms with Crippen molar-refractivity contribution in [2.75, 3.05) is 29.1 Å². The molecule has 2 atom stereocenters. The molecule has 2 unspecified atom stereocenters. The Labute approximate surface area is 148 Å². The molecule has 2 bridgehead atoms. The van der Waals surface area contributed by atoms with Crippen LogP contribution in [0.5, 0.6) is 0 Å². The van der Waals surface area contributed by atoms with Crippen LogP contribution in [0.15, 0.2) is 28.4 Å². The van der Waals surface area contributed by atoms with E-state index >= 15 is 0 Å². The van der Waals surface area contributed by atoms with Crippen LogP contribution in [0.3, 0.4) is 0 Å². The molecule has 0 saturated carbocycles. The van der Waals surface area contributed by atoms with E-state index in [-0.39, 0.29) is 10.6 Å². The number of hydrogen-bond acceptors (Lipinski definition) is 7. The van der Waals surface area contributed by atoms with Gasteiger partial charge in [0, 0.05) is 26.3 Å². The van der Waals surface area contributed by atoms with Crippen molar-refractivity contribution < 1.29 is 0 Å². The zero-order chi connectivity index (χ0) is 16.8. The summed E-state index contributed by atoms with van der Waals surface area (Å²) in [6, 6.07) is 2.70. The molecule has 0 radical (unpaired) electrons. The van der Waals surface area contributed by atoms with Crippen LogP contribution in [0.1, 0.15) is 6.42 Å². The Morgan fingerprint density at radius 3 is 2.79 bits per heavy atom. The van der Waals surface area contributed by atoms with Gasteiger partial charge in [-0.05, 0) is 18.7 Å². The number of anilines is 2. The van der Waals surface area contributed by atoms with Crippen LogP contribution in [0.2, 0.25) is 5.02 Å². The third-order valence-corrected chi connectivity index (χ3v) is 5.58. The van der Waals surface area contributed by atoms with Gasteiger partial charge in [0.05, 0.1) is 24.0 Å². The van der Waals surface area contributed by atoms with Crippen molar-refractivity contribution in [2.24, 2.45) is 7.05 Å². The van der Waals surface area contributed by atoms with Crippen LogP contribution < -0.4 is 15.4 Å². The summed E-state index contributed by atoms with van der Waals surface area (Å²) in [5.74, 6) is 0.975. The van der Waals surface area contributed by atoms with E-state index < -0.39 is 0 Å². The number of piperazine rings is 1. The highest BCUT2D eigenvalue weighted by Crippen LogP contribution is 2.38. The Hall–Kier alpha value is -1.80. The van der Waals surface area contributed by atoms with Crippen molar-refractivity contribution in [2.45, 2.75) is 23.7 Å². The van der Waals surface area contributed by atoms with E-state index in [1.54, 1.807) is 25.0 Å². The van der Waals surface area contributed by atoms with Crippen molar-refractivity contribution in [1.29, 1.82) is 0 Å². The molecule has 2 aromatic heterocycles. The number of nitrogens with zero attached hydrogens (tertiary/aromatic N) is 6. The van der Waals surface area contributed by atoms with Crippen LogP contribution in [-0.2, 0) is 7.05 Å². The molecule has 0 aromatic carbocycles. The molecule has 24 heavy (non-hydrogen) atoms. The smallest absolute Gasteiger partial charge is 0.287 e. The van der Waals surface area contributed by atoms with Crippen molar-refractivity contribution in [1.82, 2.24) is 19.7 Å². The molecule has 0 amide bonds. The van der Waals surface area contributed by atoms with Crippen LogP contribution >= 0.6 is 23.4 Å². The number of aromatic nitrogens is 4. The maximum Gasteiger partial charge on any atom is 0.287 e. The SMILES string of the molecule is CSc1nccc(N2C3CC2CN(c2cnn(C)c(=O)c2Cl)C3)n1. The minimum absolute atomic E-state index is 0.243. The molecule has 7 nitrogen and oxygen atoms in total. The lowest BCUT2D eigenvalue weighted by molar-refractivity contribution is 0.288. The first kappa shape index (κ1) is 15.7. The molecule has 5 rings (SSSR count). The Morgan fingerprint density at radius 1 is 1.33 bits per heavy atom. The summed E-state index contributed by atoms with van der Waals surface area (Å²) >= 11 is 7.78. The molecule has 3 aliphatic rings. The van der Waals surface area contributed by atoms with E-state index in [0.29, 0.717) is 12.1 Å². The number of rotatable bonds is 3. The fraction of sp³-hybridized carbons (Fsp3) is 0.467. The zero-order valence-corrected chi connectivity index (χ0v) is 15.0. The molecule has 2 aromatic rings. The van der Waals surface area contributed by atoms with Gasteiger partial charge in [-0.15, -0.1) is 0 Å². The van der Waals surface area contributed by atoms with E-state index in [1.165, 1.54) is 4.68 Å². The lowest BCUT2D eigenvalue weighted by Gasteiger charge is -2.57. The van der Waals surface area contributed by atoms with Crippen LogP contribution in [0.25, 0.3) is 0 Å². The fourth-order valence-corrected chi connectivity index (χ4v) is 4.12. The molecular weight excluding hydrogens is 348 g/mol. The average molecular weight is 365 g/mol. The van der Waals surface area contributed by atoms with Gasteiger partial charge in [0.2, 0.25) is 0 Å². The third-order valence-electron chi connectivity index (χ3n) is 4.66. The number of piperidine rings is 1. The van der Waals surface area contributed by atoms with Gasteiger partial charge in [-0.1, -0.05) is 23.4 Å². The molecule has 3 saturated heterocycles. The highest BCUT2D eigenvalue weighted by Gasteiger charge is 2.46. The number of fused-ring (bicyclic) bond motifs is 2. The summed E-state index contributed by atoms with van der Waals surface area (Å²) < 4.78 is 1.26. The largest absolute Gasteiger partial charge is 0.365 e. The summed E-state index contributed by atoms with van der Waals surface area (Å²) in [6.45, 7) is 1.62. The van der Waals surface area contributed by atoms with E-state index in [1.807, 2.05) is 18.5 Å². The molecule has 9 heteroatoms. The summed E-state index contributed by atoms with van der Waals surface area (Å²) in [4.78, 5) is 25.3. The first-order valence-electron chi connectivity index (χ1n) is 7.70. The van der Waals surface area contributed by atoms with Gasteiger partial charge in [0.15, 0.2) is 5.16 Å². The summed E-state index contributed by atoms with van der Waals surface area (Å²) in [6.07, 6.45) is 6.59. The number of hydrogen-bond donors (Lipinski definition) is 0. The van der Waals surface area contributed by atoms with Crippen molar-refractivity contribution in [3.05, 3.63) is 33.8 Å². The second-order valence-electron chi connectivity index (χ2n) is 6.03. The van der Waals surface area contributed by atoms with Crippen LogP contribution in [0.4, 0.5) is 11.5 Å². The van der Waals surface area contributed by atoms with Crippen LogP contribution in [0, 0.1) is 0 Å². The minimum Gasteiger partial charge on any atom is -0.365 e. The van der Waals surface area contributed by atoms with Gasteiger partial charge < -0.3 is 9.80 Å². The highest BCUT2D eigenvalue weighted by atomic mass is 35.5. The normalized spacial score (nSPS) is 22.5. The molecule has 3 aliphatic heterocycles. The minimum atomic E-state index is -0.259. The topological polar surface area (TPSA) is 67.2 Å². The molecular formula is C15H17ClN6OS. The Bertz CT molecular complexity index is 831. The number of thioether (sulfide) groups is 1. The standard InChI is InChI=1S/C15H17ClN6OS/c1-20-14(23)13(16)11(6-18-20)21-7-9-5-10(8-21)22(9)12-3-4-17-15(19-12)24-2/h3-4,6,9-10H,5,7-8H2,1-2H3. The summed E-state index contributed by atoms with van der Waals surface area (Å²) in [5.41, 5.74) is 0.465. The fourth-order valence-electron chi connectivity index (χ4n) is 3.48. The average Bonchev–Trinajstić information content (AvgIpc) is 2.60. The molecule has 5 heterocycles. The summed E-state index contributed by atoms with van der Waals surface area (Å²) in [5, 5.41) is 5.12. The highest BCUT2D eigenvalue weighted by molar-refractivity contribution is 7.98. The van der Waals surface area contributed by atoms with Crippen LogP contribution in [-0.4, -0.2) is 51.2 Å². The Balaban J connectivity index is 1.57. The third kappa shape index (κ3) is 2.44. The number of halogens is 1. The van der Waals surface area contributed by atoms with Gasteiger partial charge in [0.25, 0.3) is 5.56 Å². The first-order chi connectivity index (χ1) is 11.6. The van der Waals surface area contributed by atoms with Gasteiger partial charge in [-0.25, -0.2) is 14.6 Å². The Morgan fingerprint density at radius 2 is 2.08 bits per heavy atom. The van der Waals surface area contributed by atoms with Crippen molar-refractivity contribution in [3.8, 4) is 0 Å². The molecule has 3 fully saturated rings. The second kappa shape index (κ2) is 5.93. The lowest BCUT2D eigenvalue weighted by atomic mass is 9.87. The quantitative estimate of drug-likeness (QED) is 0.602. The van der Waals surface area contributed by atoms with Gasteiger partial charge in [0.1, 0.15) is 10.8 Å². The molecule has 126 valence electrons. The molecule has 0 N–H and O–H groups in total. The zero-order valence-electron chi connectivity index (χ0n) is 13.4. The summed E-state index contributed by atoms with van der Waals surface area (Å²) in [7, 11) is 1.60. The van der Waals surface area contributed by atoms with Gasteiger partial charge in [-0.3, -0.25) is 4.79 Å². The maximum atomic E-state index is 12.0. The van der Waals surface area contributed by atoms with Crippen molar-refractivity contribution in [3.63, 3.8) is 0 Å². The second-order valence-corrected chi connectivity index (χ2v) is 7.18. The lowest BCUT2D eigenvalue weighted by Crippen LogP contribution is -2.69. The number of aryl methyl sites for hydroxylation is 1. The predicted molar refractivity (Wildman–Crippen MR) is 95.2 cm³/mol. The van der Waals surface area contributed by atoms with E-state index in [9.17, 15) is 4.79 Å². The van der Waals surface area contributed by atoms with Gasteiger partial charge >= 0.3 is 0 Å². The predicted octanol–water partition coefficient (Wildman–Crippen LogP) is 1.41. The van der Waals surface area contributed by atoms with Gasteiger partial charge in [-0.2, -0.15) is 5.10 Å². The van der Waals surface area contributed by atoms with E-state index in [2.05, 4.69) is 24.9 Å². The van der Waals surface area contributed by atoms with E-state index in [4.69, 9.17) is 11.6 Å². The molecule has 0 aliphatic carbocycles. The van der Waals surface area contributed by atoms with Crippen molar-refractivity contribution >= 4 is 34.9 Å². The maximum absolute atomic E-state index is 12.0. The molecule has 0 spiro atoms.